The van der Waals surface area contributed by atoms with E-state index in [4.69, 9.17) is 0 Å². The van der Waals surface area contributed by atoms with Gasteiger partial charge in [0.2, 0.25) is 0 Å². The van der Waals surface area contributed by atoms with E-state index < -0.39 is 0 Å². The average molecular weight is 238 g/mol. The van der Waals surface area contributed by atoms with Gasteiger partial charge >= 0.3 is 0 Å². The maximum Gasteiger partial charge on any atom is 0.0306 e. The largest absolute Gasteiger partial charge is 0.310 e. The van der Waals surface area contributed by atoms with Crippen LogP contribution in [0.5, 0.6) is 0 Å². The standard InChI is InChI=1S/C15H30N2/c1-4-15(10-7-11-16-15)12-17(3)14-9-6-5-8-13(14)2/h13-14,16H,4-12H2,1-3H3. The molecule has 0 aromatic rings. The van der Waals surface area contributed by atoms with Gasteiger partial charge in [0.1, 0.15) is 0 Å². The quantitative estimate of drug-likeness (QED) is 0.810. The van der Waals surface area contributed by atoms with Gasteiger partial charge in [-0.2, -0.15) is 0 Å². The molecule has 1 saturated carbocycles. The van der Waals surface area contributed by atoms with E-state index in [0.717, 1.165) is 12.0 Å². The summed E-state index contributed by atoms with van der Waals surface area (Å²) in [5, 5.41) is 3.76. The maximum absolute atomic E-state index is 3.76. The Balaban J connectivity index is 1.92. The molecule has 2 aliphatic rings. The van der Waals surface area contributed by atoms with Gasteiger partial charge in [-0.3, -0.25) is 0 Å². The van der Waals surface area contributed by atoms with E-state index in [0.29, 0.717) is 5.54 Å². The fourth-order valence-electron chi connectivity index (χ4n) is 3.96. The molecule has 0 radical (unpaired) electrons. The van der Waals surface area contributed by atoms with Crippen LogP contribution >= 0.6 is 0 Å². The fourth-order valence-corrected chi connectivity index (χ4v) is 3.96. The van der Waals surface area contributed by atoms with E-state index in [2.05, 4.69) is 31.1 Å². The molecule has 2 fully saturated rings. The lowest BCUT2D eigenvalue weighted by molar-refractivity contribution is 0.105. The molecule has 3 atom stereocenters. The van der Waals surface area contributed by atoms with Crippen LogP contribution in [0.15, 0.2) is 0 Å². The van der Waals surface area contributed by atoms with Crippen LogP contribution in [-0.2, 0) is 0 Å². The van der Waals surface area contributed by atoms with Crippen LogP contribution in [0.25, 0.3) is 0 Å². The van der Waals surface area contributed by atoms with Crippen molar-refractivity contribution in [2.24, 2.45) is 5.92 Å². The highest BCUT2D eigenvalue weighted by molar-refractivity contribution is 4.95. The Labute approximate surface area is 107 Å². The van der Waals surface area contributed by atoms with Crippen LogP contribution in [0, 0.1) is 5.92 Å². The predicted molar refractivity (Wildman–Crippen MR) is 74.3 cm³/mol. The summed E-state index contributed by atoms with van der Waals surface area (Å²) in [4.78, 5) is 2.66. The molecular formula is C15H30N2. The number of rotatable bonds is 4. The Hall–Kier alpha value is -0.0800. The van der Waals surface area contributed by atoms with Crippen molar-refractivity contribution >= 4 is 0 Å². The van der Waals surface area contributed by atoms with Crippen molar-refractivity contribution in [2.75, 3.05) is 20.1 Å². The summed E-state index contributed by atoms with van der Waals surface area (Å²) in [7, 11) is 2.35. The van der Waals surface area contributed by atoms with Crippen LogP contribution in [0.3, 0.4) is 0 Å². The van der Waals surface area contributed by atoms with E-state index in [1.165, 1.54) is 58.0 Å². The molecule has 2 rings (SSSR count). The first-order chi connectivity index (χ1) is 8.17. The third kappa shape index (κ3) is 3.03. The summed E-state index contributed by atoms with van der Waals surface area (Å²) in [6.45, 7) is 7.26. The molecule has 2 heteroatoms. The van der Waals surface area contributed by atoms with Crippen LogP contribution in [0.1, 0.15) is 58.8 Å². The summed E-state index contributed by atoms with van der Waals surface area (Å²) in [6, 6.07) is 0.828. The van der Waals surface area contributed by atoms with Gasteiger partial charge in [0, 0.05) is 18.1 Å². The molecule has 3 unspecified atom stereocenters. The smallest absolute Gasteiger partial charge is 0.0306 e. The molecule has 0 spiro atoms. The van der Waals surface area contributed by atoms with Gasteiger partial charge in [-0.1, -0.05) is 26.7 Å². The predicted octanol–water partition coefficient (Wildman–Crippen LogP) is 3.03. The minimum atomic E-state index is 0.423. The fraction of sp³-hybridized carbons (Fsp3) is 1.00. The number of hydrogen-bond acceptors (Lipinski definition) is 2. The molecule has 1 saturated heterocycles. The highest BCUT2D eigenvalue weighted by atomic mass is 15.2. The lowest BCUT2D eigenvalue weighted by atomic mass is 9.84. The van der Waals surface area contributed by atoms with Crippen molar-refractivity contribution in [1.29, 1.82) is 0 Å². The molecule has 1 aliphatic carbocycles. The molecule has 17 heavy (non-hydrogen) atoms. The van der Waals surface area contributed by atoms with Gasteiger partial charge in [-0.15, -0.1) is 0 Å². The third-order valence-corrected chi connectivity index (χ3v) is 5.19. The zero-order valence-electron chi connectivity index (χ0n) is 12.0. The first-order valence-corrected chi connectivity index (χ1v) is 7.62. The number of hydrogen-bond donors (Lipinski definition) is 1. The van der Waals surface area contributed by atoms with Crippen LogP contribution < -0.4 is 5.32 Å². The zero-order chi connectivity index (χ0) is 12.3. The Bertz CT molecular complexity index is 233. The van der Waals surface area contributed by atoms with Crippen LogP contribution in [-0.4, -0.2) is 36.6 Å². The summed E-state index contributed by atoms with van der Waals surface area (Å²) in [5.41, 5.74) is 0.423. The molecule has 1 aliphatic heterocycles. The van der Waals surface area contributed by atoms with Crippen molar-refractivity contribution in [1.82, 2.24) is 10.2 Å². The van der Waals surface area contributed by atoms with Gasteiger partial charge < -0.3 is 10.2 Å². The Kier molecular flexibility index (Phi) is 4.48. The van der Waals surface area contributed by atoms with Crippen molar-refractivity contribution in [2.45, 2.75) is 70.4 Å². The van der Waals surface area contributed by atoms with Gasteiger partial charge in [-0.25, -0.2) is 0 Å². The van der Waals surface area contributed by atoms with Gasteiger partial charge in [0.05, 0.1) is 0 Å². The first-order valence-electron chi connectivity index (χ1n) is 7.62. The van der Waals surface area contributed by atoms with Crippen molar-refractivity contribution in [3.63, 3.8) is 0 Å². The normalized spacial score (nSPS) is 38.8. The number of nitrogens with one attached hydrogen (secondary N) is 1. The van der Waals surface area contributed by atoms with Crippen LogP contribution in [0.4, 0.5) is 0 Å². The van der Waals surface area contributed by atoms with Crippen molar-refractivity contribution in [3.8, 4) is 0 Å². The minimum Gasteiger partial charge on any atom is -0.310 e. The molecule has 100 valence electrons. The highest BCUT2D eigenvalue weighted by Gasteiger charge is 2.35. The number of nitrogens with zero attached hydrogens (tertiary/aromatic N) is 1. The van der Waals surface area contributed by atoms with Crippen molar-refractivity contribution in [3.05, 3.63) is 0 Å². The molecule has 0 aromatic carbocycles. The minimum absolute atomic E-state index is 0.423. The molecule has 0 aromatic heterocycles. The second-order valence-corrected chi connectivity index (χ2v) is 6.41. The maximum atomic E-state index is 3.76. The lowest BCUT2D eigenvalue weighted by Crippen LogP contribution is -2.52. The SMILES string of the molecule is CCC1(CN(C)C2CCCCC2C)CCCN1. The second kappa shape index (κ2) is 5.71. The Morgan fingerprint density at radius 3 is 2.59 bits per heavy atom. The van der Waals surface area contributed by atoms with Gasteiger partial charge in [0.15, 0.2) is 0 Å². The summed E-state index contributed by atoms with van der Waals surface area (Å²) >= 11 is 0. The average Bonchev–Trinajstić information content (AvgIpc) is 2.79. The van der Waals surface area contributed by atoms with Crippen LogP contribution in [0.2, 0.25) is 0 Å². The molecule has 0 amide bonds. The van der Waals surface area contributed by atoms with E-state index >= 15 is 0 Å². The van der Waals surface area contributed by atoms with E-state index in [1.807, 2.05) is 0 Å². The van der Waals surface area contributed by atoms with Crippen molar-refractivity contribution < 1.29 is 0 Å². The highest BCUT2D eigenvalue weighted by Crippen LogP contribution is 2.30. The summed E-state index contributed by atoms with van der Waals surface area (Å²) in [5.74, 6) is 0.893. The monoisotopic (exact) mass is 238 g/mol. The van der Waals surface area contributed by atoms with Gasteiger partial charge in [-0.05, 0) is 51.6 Å². The second-order valence-electron chi connectivity index (χ2n) is 6.41. The molecule has 1 N–H and O–H groups in total. The molecule has 1 heterocycles. The van der Waals surface area contributed by atoms with Gasteiger partial charge in [0.25, 0.3) is 0 Å². The Morgan fingerprint density at radius 1 is 1.24 bits per heavy atom. The topological polar surface area (TPSA) is 15.3 Å². The number of likely N-dealkylation sites (N-methyl/N-ethyl adjacent to an activating group) is 1. The Morgan fingerprint density at radius 2 is 2.00 bits per heavy atom. The van der Waals surface area contributed by atoms with E-state index in [9.17, 15) is 0 Å². The summed E-state index contributed by atoms with van der Waals surface area (Å²) in [6.07, 6.45) is 9.74. The molecular weight excluding hydrogens is 208 g/mol. The molecule has 2 nitrogen and oxygen atoms in total. The summed E-state index contributed by atoms with van der Waals surface area (Å²) < 4.78 is 0. The lowest BCUT2D eigenvalue weighted by Gasteiger charge is -2.41. The first kappa shape index (κ1) is 13.4. The van der Waals surface area contributed by atoms with E-state index in [1.54, 1.807) is 0 Å². The third-order valence-electron chi connectivity index (χ3n) is 5.19. The molecule has 0 bridgehead atoms. The van der Waals surface area contributed by atoms with E-state index in [-0.39, 0.29) is 0 Å². The zero-order valence-corrected chi connectivity index (χ0v) is 12.0.